The van der Waals surface area contributed by atoms with Gasteiger partial charge in [-0.2, -0.15) is 0 Å². The van der Waals surface area contributed by atoms with E-state index in [0.717, 1.165) is 7.11 Å². The van der Waals surface area contributed by atoms with Crippen LogP contribution < -0.4 is 0 Å². The largest absolute Gasteiger partial charge is 0.469 e. The number of ether oxygens (including phenoxy) is 1. The van der Waals surface area contributed by atoms with Crippen molar-refractivity contribution >= 4 is 11.8 Å². The number of carbonyl (C=O) groups is 2. The molecule has 0 N–H and O–H groups in total. The average molecular weight is 232 g/mol. The summed E-state index contributed by atoms with van der Waals surface area (Å²) < 4.78 is 43.0. The second-order valence-electron chi connectivity index (χ2n) is 2.89. The van der Waals surface area contributed by atoms with Crippen molar-refractivity contribution in [2.45, 2.75) is 6.42 Å². The molecule has 1 rings (SSSR count). The Morgan fingerprint density at radius 2 is 1.75 bits per heavy atom. The highest BCUT2D eigenvalue weighted by Gasteiger charge is 2.22. The highest BCUT2D eigenvalue weighted by molar-refractivity contribution is 6.06. The van der Waals surface area contributed by atoms with Crippen LogP contribution in [-0.2, 0) is 9.53 Å². The molecule has 16 heavy (non-hydrogen) atoms. The van der Waals surface area contributed by atoms with E-state index in [2.05, 4.69) is 4.74 Å². The van der Waals surface area contributed by atoms with Crippen LogP contribution >= 0.6 is 0 Å². The fourth-order valence-corrected chi connectivity index (χ4v) is 1.07. The van der Waals surface area contributed by atoms with Gasteiger partial charge < -0.3 is 4.74 Å². The van der Waals surface area contributed by atoms with Crippen LogP contribution in [0, 0.1) is 17.5 Å². The minimum atomic E-state index is -1.60. The van der Waals surface area contributed by atoms with Crippen molar-refractivity contribution < 1.29 is 27.5 Å². The molecule has 0 aliphatic rings. The van der Waals surface area contributed by atoms with E-state index in [1.165, 1.54) is 0 Å². The number of hydrogen-bond donors (Lipinski definition) is 0. The lowest BCUT2D eigenvalue weighted by Gasteiger charge is -2.03. The van der Waals surface area contributed by atoms with Gasteiger partial charge >= 0.3 is 5.97 Å². The minimum absolute atomic E-state index is 0.555. The van der Waals surface area contributed by atoms with Crippen molar-refractivity contribution in [2.75, 3.05) is 7.11 Å². The first-order valence-corrected chi connectivity index (χ1v) is 4.21. The van der Waals surface area contributed by atoms with Crippen LogP contribution in [0.15, 0.2) is 12.1 Å². The van der Waals surface area contributed by atoms with Crippen molar-refractivity contribution in [3.05, 3.63) is 35.1 Å². The fraction of sp³-hybridized carbons (Fsp3) is 0.200. The number of Topliss-reactive ketones (excluding diaryl/α,β-unsaturated/α-hetero) is 1. The van der Waals surface area contributed by atoms with Crippen molar-refractivity contribution in [1.82, 2.24) is 0 Å². The lowest BCUT2D eigenvalue weighted by atomic mass is 10.1. The third-order valence-corrected chi connectivity index (χ3v) is 1.86. The summed E-state index contributed by atoms with van der Waals surface area (Å²) in [7, 11) is 1.02. The van der Waals surface area contributed by atoms with E-state index in [-0.39, 0.29) is 0 Å². The van der Waals surface area contributed by atoms with Crippen LogP contribution in [0.4, 0.5) is 13.2 Å². The molecule has 1 aromatic carbocycles. The van der Waals surface area contributed by atoms with E-state index in [0.29, 0.717) is 12.1 Å². The molecule has 0 saturated heterocycles. The van der Waals surface area contributed by atoms with Gasteiger partial charge in [0.25, 0.3) is 0 Å². The Morgan fingerprint density at radius 1 is 1.19 bits per heavy atom. The summed E-state index contributed by atoms with van der Waals surface area (Å²) in [6.07, 6.45) is -0.839. The molecule has 0 bridgehead atoms. The van der Waals surface area contributed by atoms with Crippen LogP contribution in [0.5, 0.6) is 0 Å². The Bertz CT molecular complexity index is 443. The molecule has 0 aliphatic heterocycles. The van der Waals surface area contributed by atoms with E-state index in [1.807, 2.05) is 0 Å². The van der Waals surface area contributed by atoms with Crippen LogP contribution in [0.2, 0.25) is 0 Å². The van der Waals surface area contributed by atoms with E-state index in [9.17, 15) is 22.8 Å². The van der Waals surface area contributed by atoms with Crippen LogP contribution in [-0.4, -0.2) is 18.9 Å². The van der Waals surface area contributed by atoms with Gasteiger partial charge in [-0.15, -0.1) is 0 Å². The fourth-order valence-electron chi connectivity index (χ4n) is 1.07. The average Bonchev–Trinajstić information content (AvgIpc) is 2.24. The molecule has 0 saturated carbocycles. The first kappa shape index (κ1) is 12.2. The number of hydrogen-bond acceptors (Lipinski definition) is 3. The zero-order valence-corrected chi connectivity index (χ0v) is 8.22. The highest BCUT2D eigenvalue weighted by atomic mass is 19.2. The van der Waals surface area contributed by atoms with Crippen molar-refractivity contribution in [3.8, 4) is 0 Å². The lowest BCUT2D eigenvalue weighted by molar-refractivity contribution is -0.139. The SMILES string of the molecule is COC(=O)CC(=O)c1c(F)ccc(F)c1F. The van der Waals surface area contributed by atoms with Gasteiger partial charge in [0.05, 0.1) is 12.7 Å². The molecule has 0 aromatic heterocycles. The van der Waals surface area contributed by atoms with Crippen LogP contribution in [0.25, 0.3) is 0 Å². The highest BCUT2D eigenvalue weighted by Crippen LogP contribution is 2.17. The molecule has 0 atom stereocenters. The summed E-state index contributed by atoms with van der Waals surface area (Å²) in [6.45, 7) is 0. The maximum Gasteiger partial charge on any atom is 0.313 e. The molecule has 3 nitrogen and oxygen atoms in total. The zero-order chi connectivity index (χ0) is 12.3. The van der Waals surface area contributed by atoms with E-state index in [4.69, 9.17) is 0 Å². The number of rotatable bonds is 3. The number of benzene rings is 1. The topological polar surface area (TPSA) is 43.4 Å². The first-order chi connectivity index (χ1) is 7.47. The molecule has 0 spiro atoms. The molecule has 6 heteroatoms. The Hall–Kier alpha value is -1.85. The van der Waals surface area contributed by atoms with Gasteiger partial charge in [-0.3, -0.25) is 9.59 Å². The van der Waals surface area contributed by atoms with Gasteiger partial charge in [-0.1, -0.05) is 0 Å². The molecular formula is C10H7F3O3. The molecule has 0 aliphatic carbocycles. The zero-order valence-electron chi connectivity index (χ0n) is 8.22. The Balaban J connectivity index is 3.08. The van der Waals surface area contributed by atoms with Gasteiger partial charge in [0.1, 0.15) is 12.2 Å². The number of halogens is 3. The minimum Gasteiger partial charge on any atom is -0.469 e. The quantitative estimate of drug-likeness (QED) is 0.345. The Labute approximate surface area is 88.8 Å². The lowest BCUT2D eigenvalue weighted by Crippen LogP contribution is -2.13. The van der Waals surface area contributed by atoms with Crippen LogP contribution in [0.1, 0.15) is 16.8 Å². The van der Waals surface area contributed by atoms with Crippen LogP contribution in [0.3, 0.4) is 0 Å². The van der Waals surface area contributed by atoms with Gasteiger partial charge in [0.2, 0.25) is 0 Å². The van der Waals surface area contributed by atoms with E-state index >= 15 is 0 Å². The predicted molar refractivity (Wildman–Crippen MR) is 47.3 cm³/mol. The van der Waals surface area contributed by atoms with Crippen molar-refractivity contribution in [3.63, 3.8) is 0 Å². The van der Waals surface area contributed by atoms with E-state index < -0.39 is 41.2 Å². The van der Waals surface area contributed by atoms with Gasteiger partial charge in [0.15, 0.2) is 17.4 Å². The smallest absolute Gasteiger partial charge is 0.313 e. The molecule has 1 aromatic rings. The summed E-state index contributed by atoms with van der Waals surface area (Å²) >= 11 is 0. The van der Waals surface area contributed by atoms with Crippen molar-refractivity contribution in [2.24, 2.45) is 0 Å². The molecule has 0 fully saturated rings. The van der Waals surface area contributed by atoms with Crippen molar-refractivity contribution in [1.29, 1.82) is 0 Å². The van der Waals surface area contributed by atoms with Gasteiger partial charge in [-0.05, 0) is 12.1 Å². The van der Waals surface area contributed by atoms with Gasteiger partial charge in [0, 0.05) is 0 Å². The third-order valence-electron chi connectivity index (χ3n) is 1.86. The molecule has 0 amide bonds. The molecule has 0 unspecified atom stereocenters. The Morgan fingerprint density at radius 3 is 2.31 bits per heavy atom. The second kappa shape index (κ2) is 4.78. The number of ketones is 1. The molecule has 0 heterocycles. The monoisotopic (exact) mass is 232 g/mol. The summed E-state index contributed by atoms with van der Waals surface area (Å²) in [4.78, 5) is 22.0. The molecule has 0 radical (unpaired) electrons. The standard InChI is InChI=1S/C10H7F3O3/c1-16-8(15)4-7(14)9-5(11)2-3-6(12)10(9)13/h2-3H,4H2,1H3. The summed E-state index contributed by atoms with van der Waals surface area (Å²) in [5.41, 5.74) is -1.06. The maximum absolute atomic E-state index is 13.1. The van der Waals surface area contributed by atoms with E-state index in [1.54, 1.807) is 0 Å². The normalized spacial score (nSPS) is 10.0. The number of carbonyl (C=O) groups excluding carboxylic acids is 2. The first-order valence-electron chi connectivity index (χ1n) is 4.21. The Kier molecular flexibility index (Phi) is 3.65. The summed E-state index contributed by atoms with van der Waals surface area (Å²) in [6, 6.07) is 1.17. The maximum atomic E-state index is 13.1. The van der Waals surface area contributed by atoms with Gasteiger partial charge in [-0.25, -0.2) is 13.2 Å². The second-order valence-corrected chi connectivity index (χ2v) is 2.89. The molecular weight excluding hydrogens is 225 g/mol. The third kappa shape index (κ3) is 2.39. The number of esters is 1. The predicted octanol–water partition coefficient (Wildman–Crippen LogP) is 1.85. The molecule has 86 valence electrons. The summed E-state index contributed by atoms with van der Waals surface area (Å²) in [5.74, 6) is -6.29. The number of methoxy groups -OCH3 is 1. The summed E-state index contributed by atoms with van der Waals surface area (Å²) in [5, 5.41) is 0.